The quantitative estimate of drug-likeness (QED) is 0.639. The van der Waals surface area contributed by atoms with E-state index in [1.807, 2.05) is 23.7 Å². The minimum absolute atomic E-state index is 0.374. The number of hydrogen-bond donors (Lipinski definition) is 2. The van der Waals surface area contributed by atoms with E-state index >= 15 is 0 Å². The van der Waals surface area contributed by atoms with E-state index in [0.717, 1.165) is 23.3 Å². The van der Waals surface area contributed by atoms with Crippen molar-refractivity contribution in [2.45, 2.75) is 37.4 Å². The maximum absolute atomic E-state index is 4.59. The normalized spacial score (nSPS) is 17.3. The summed E-state index contributed by atoms with van der Waals surface area (Å²) in [4.78, 5) is 10.6. The summed E-state index contributed by atoms with van der Waals surface area (Å²) in [5, 5.41) is 9.87. The van der Waals surface area contributed by atoms with Crippen LogP contribution in [0.25, 0.3) is 0 Å². The van der Waals surface area contributed by atoms with Crippen LogP contribution in [0.2, 0.25) is 0 Å². The molecule has 4 nitrogen and oxygen atoms in total. The lowest BCUT2D eigenvalue weighted by Crippen LogP contribution is -2.17. The summed E-state index contributed by atoms with van der Waals surface area (Å²) in [7, 11) is 0. The minimum atomic E-state index is 0.374. The van der Waals surface area contributed by atoms with Crippen LogP contribution in [-0.2, 0) is 6.42 Å². The topological polar surface area (TPSA) is 49.8 Å². The second-order valence-corrected chi connectivity index (χ2v) is 6.82. The molecule has 21 heavy (non-hydrogen) atoms. The van der Waals surface area contributed by atoms with Gasteiger partial charge in [-0.05, 0) is 49.5 Å². The second-order valence-electron chi connectivity index (χ2n) is 5.04. The first-order valence-electron chi connectivity index (χ1n) is 7.30. The summed E-state index contributed by atoms with van der Waals surface area (Å²) in [6.45, 7) is 2.94. The zero-order valence-corrected chi connectivity index (χ0v) is 14.0. The van der Waals surface area contributed by atoms with Crippen LogP contribution in [0.15, 0.2) is 22.7 Å². The molecule has 0 aliphatic heterocycles. The summed E-state index contributed by atoms with van der Waals surface area (Å²) in [6.07, 6.45) is 5.63. The van der Waals surface area contributed by atoms with Crippen molar-refractivity contribution in [3.8, 4) is 0 Å². The zero-order valence-electron chi connectivity index (χ0n) is 12.3. The summed E-state index contributed by atoms with van der Waals surface area (Å²) >= 11 is 3.44. The number of aryl methyl sites for hydroxylation is 1. The average molecular weight is 320 g/mol. The third-order valence-electron chi connectivity index (χ3n) is 3.62. The Bertz CT molecular complexity index is 611. The average Bonchev–Trinajstić information content (AvgIpc) is 2.97. The molecule has 2 aromatic rings. The van der Waals surface area contributed by atoms with E-state index in [2.05, 4.69) is 39.0 Å². The van der Waals surface area contributed by atoms with Crippen molar-refractivity contribution in [3.63, 3.8) is 0 Å². The van der Waals surface area contributed by atoms with Gasteiger partial charge >= 0.3 is 0 Å². The van der Waals surface area contributed by atoms with E-state index in [4.69, 9.17) is 0 Å². The molecule has 3 rings (SSSR count). The van der Waals surface area contributed by atoms with Crippen LogP contribution < -0.4 is 10.6 Å². The molecule has 1 unspecified atom stereocenters. The number of nitrogens with one attached hydrogen (secondary N) is 2. The number of hydrogen-bond acceptors (Lipinski definition) is 6. The highest BCUT2D eigenvalue weighted by atomic mass is 32.2. The highest BCUT2D eigenvalue weighted by Gasteiger charge is 2.21. The van der Waals surface area contributed by atoms with E-state index in [9.17, 15) is 0 Å². The number of rotatable bonds is 5. The van der Waals surface area contributed by atoms with E-state index in [1.165, 1.54) is 29.7 Å². The Balaban J connectivity index is 1.83. The molecule has 0 amide bonds. The van der Waals surface area contributed by atoms with Crippen molar-refractivity contribution in [1.29, 1.82) is 0 Å². The van der Waals surface area contributed by atoms with Crippen LogP contribution in [0, 0.1) is 0 Å². The Morgan fingerprint density at radius 3 is 3.05 bits per heavy atom. The third kappa shape index (κ3) is 3.32. The molecule has 0 spiro atoms. The van der Waals surface area contributed by atoms with Gasteiger partial charge < -0.3 is 10.6 Å². The highest BCUT2D eigenvalue weighted by Crippen LogP contribution is 2.35. The number of thiophene rings is 1. The molecule has 0 saturated heterocycles. The lowest BCUT2D eigenvalue weighted by molar-refractivity contribution is 0.606. The summed E-state index contributed by atoms with van der Waals surface area (Å²) in [5.74, 6) is 1.80. The Labute approximate surface area is 133 Å². The van der Waals surface area contributed by atoms with E-state index in [1.54, 1.807) is 11.8 Å². The number of aromatic nitrogens is 2. The van der Waals surface area contributed by atoms with E-state index in [-0.39, 0.29) is 0 Å². The van der Waals surface area contributed by atoms with Crippen LogP contribution in [0.3, 0.4) is 0 Å². The van der Waals surface area contributed by atoms with Gasteiger partial charge in [0.2, 0.25) is 0 Å². The fourth-order valence-corrected chi connectivity index (χ4v) is 4.04. The lowest BCUT2D eigenvalue weighted by Gasteiger charge is -2.24. The molecule has 0 saturated carbocycles. The monoisotopic (exact) mass is 320 g/mol. The Morgan fingerprint density at radius 2 is 2.24 bits per heavy atom. The first-order valence-corrected chi connectivity index (χ1v) is 9.40. The molecule has 2 N–H and O–H groups in total. The number of thioether (sulfide) groups is 1. The van der Waals surface area contributed by atoms with Gasteiger partial charge in [0.05, 0.1) is 6.04 Å². The van der Waals surface area contributed by atoms with E-state index in [0.29, 0.717) is 6.04 Å². The predicted molar refractivity (Wildman–Crippen MR) is 91.6 cm³/mol. The van der Waals surface area contributed by atoms with Crippen molar-refractivity contribution in [3.05, 3.63) is 28.0 Å². The molecule has 0 radical (unpaired) electrons. The Morgan fingerprint density at radius 1 is 1.38 bits per heavy atom. The molecule has 112 valence electrons. The Kier molecular flexibility index (Phi) is 4.65. The van der Waals surface area contributed by atoms with E-state index < -0.39 is 0 Å². The molecule has 2 heterocycles. The van der Waals surface area contributed by atoms with Crippen LogP contribution in [0.5, 0.6) is 0 Å². The van der Waals surface area contributed by atoms with Gasteiger partial charge in [0, 0.05) is 17.5 Å². The first-order chi connectivity index (χ1) is 10.3. The first kappa shape index (κ1) is 14.7. The third-order valence-corrected chi connectivity index (χ3v) is 5.16. The smallest absolute Gasteiger partial charge is 0.191 e. The van der Waals surface area contributed by atoms with Crippen molar-refractivity contribution < 1.29 is 0 Å². The van der Waals surface area contributed by atoms with Crippen molar-refractivity contribution >= 4 is 34.7 Å². The van der Waals surface area contributed by atoms with Crippen LogP contribution in [0.4, 0.5) is 11.6 Å². The van der Waals surface area contributed by atoms with Gasteiger partial charge in [-0.15, -0.1) is 11.3 Å². The van der Waals surface area contributed by atoms with Crippen molar-refractivity contribution in [2.24, 2.45) is 0 Å². The summed E-state index contributed by atoms with van der Waals surface area (Å²) in [5.41, 5.74) is 1.44. The zero-order chi connectivity index (χ0) is 14.7. The largest absolute Gasteiger partial charge is 0.370 e. The highest BCUT2D eigenvalue weighted by molar-refractivity contribution is 7.98. The van der Waals surface area contributed by atoms with Gasteiger partial charge in [0.1, 0.15) is 11.6 Å². The predicted octanol–water partition coefficient (Wildman–Crippen LogP) is 4.18. The Hall–Kier alpha value is -1.27. The van der Waals surface area contributed by atoms with Gasteiger partial charge in [-0.2, -0.15) is 0 Å². The molecule has 1 aliphatic carbocycles. The molecule has 1 atom stereocenters. The minimum Gasteiger partial charge on any atom is -0.370 e. The van der Waals surface area contributed by atoms with Gasteiger partial charge in [-0.3, -0.25) is 0 Å². The van der Waals surface area contributed by atoms with Gasteiger partial charge in [-0.1, -0.05) is 11.8 Å². The summed E-state index contributed by atoms with van der Waals surface area (Å²) in [6, 6.07) is 4.63. The second kappa shape index (κ2) is 6.66. The molecule has 0 fully saturated rings. The molecular formula is C15H20N4S2. The lowest BCUT2D eigenvalue weighted by atomic mass is 9.94. The molecule has 0 bridgehead atoms. The van der Waals surface area contributed by atoms with Crippen molar-refractivity contribution in [1.82, 2.24) is 9.97 Å². The molecule has 2 aromatic heterocycles. The van der Waals surface area contributed by atoms with Crippen LogP contribution >= 0.6 is 23.1 Å². The van der Waals surface area contributed by atoms with Crippen LogP contribution in [0.1, 0.15) is 36.2 Å². The molecule has 0 aromatic carbocycles. The summed E-state index contributed by atoms with van der Waals surface area (Å²) < 4.78 is 0. The molecule has 1 aliphatic rings. The van der Waals surface area contributed by atoms with Gasteiger partial charge in [-0.25, -0.2) is 9.97 Å². The van der Waals surface area contributed by atoms with Gasteiger partial charge in [0.15, 0.2) is 5.16 Å². The maximum atomic E-state index is 4.59. The number of fused-ring (bicyclic) bond motifs is 1. The number of anilines is 2. The fourth-order valence-electron chi connectivity index (χ4n) is 2.68. The van der Waals surface area contributed by atoms with Gasteiger partial charge in [0.25, 0.3) is 0 Å². The molecular weight excluding hydrogens is 300 g/mol. The maximum Gasteiger partial charge on any atom is 0.191 e. The standard InChI is InChI=1S/C15H20N4S2/c1-3-16-13-9-14(19-15(18-13)20-2)17-11-5-4-6-12-10(11)7-8-21-12/h7-9,11H,3-6H2,1-2H3,(H2,16,17,18,19). The van der Waals surface area contributed by atoms with Crippen LogP contribution in [-0.4, -0.2) is 22.8 Å². The molecule has 6 heteroatoms. The fraction of sp³-hybridized carbons (Fsp3) is 0.467. The van der Waals surface area contributed by atoms with Crippen molar-refractivity contribution in [2.75, 3.05) is 23.4 Å². The SMILES string of the molecule is CCNc1cc(NC2CCCc3sccc32)nc(SC)n1. The number of nitrogens with zero attached hydrogens (tertiary/aromatic N) is 2.